The fraction of sp³-hybridized carbons (Fsp3) is 0.579. The van der Waals surface area contributed by atoms with E-state index in [2.05, 4.69) is 39.8 Å². The minimum absolute atomic E-state index is 0.0131. The summed E-state index contributed by atoms with van der Waals surface area (Å²) in [4.78, 5) is 28.2. The van der Waals surface area contributed by atoms with Crippen LogP contribution in [0.5, 0.6) is 0 Å². The van der Waals surface area contributed by atoms with Gasteiger partial charge in [0.05, 0.1) is 25.9 Å². The van der Waals surface area contributed by atoms with E-state index in [0.29, 0.717) is 32.9 Å². The molecule has 1 saturated heterocycles. The van der Waals surface area contributed by atoms with Gasteiger partial charge in [-0.2, -0.15) is 0 Å². The average Bonchev–Trinajstić information content (AvgIpc) is 2.69. The van der Waals surface area contributed by atoms with Crippen LogP contribution in [0.25, 0.3) is 0 Å². The SMILES string of the molecule is COCCNC(=O)C(=O)NC[C@H](c1ccc(N(C)C)cc1)N1CCOCC1. The van der Waals surface area contributed by atoms with Crippen molar-refractivity contribution < 1.29 is 19.1 Å². The largest absolute Gasteiger partial charge is 0.383 e. The molecule has 2 N–H and O–H groups in total. The molecule has 1 aliphatic rings. The Labute approximate surface area is 160 Å². The van der Waals surface area contributed by atoms with E-state index in [1.165, 1.54) is 0 Å². The van der Waals surface area contributed by atoms with Gasteiger partial charge < -0.3 is 25.0 Å². The number of ether oxygens (including phenoxy) is 2. The molecule has 8 heteroatoms. The fourth-order valence-electron chi connectivity index (χ4n) is 2.96. The number of carbonyl (C=O) groups is 2. The van der Waals surface area contributed by atoms with Crippen LogP contribution in [-0.2, 0) is 19.1 Å². The van der Waals surface area contributed by atoms with Gasteiger partial charge in [-0.3, -0.25) is 14.5 Å². The average molecular weight is 378 g/mol. The van der Waals surface area contributed by atoms with Crippen LogP contribution in [-0.4, -0.2) is 83.9 Å². The van der Waals surface area contributed by atoms with Crippen molar-refractivity contribution in [3.05, 3.63) is 29.8 Å². The Morgan fingerprint density at radius 3 is 2.37 bits per heavy atom. The molecular weight excluding hydrogens is 348 g/mol. The molecule has 150 valence electrons. The number of benzene rings is 1. The third-order valence-corrected chi connectivity index (χ3v) is 4.53. The summed E-state index contributed by atoms with van der Waals surface area (Å²) in [6.45, 7) is 3.94. The zero-order valence-corrected chi connectivity index (χ0v) is 16.4. The first kappa shape index (κ1) is 21.1. The van der Waals surface area contributed by atoms with Crippen molar-refractivity contribution >= 4 is 17.5 Å². The van der Waals surface area contributed by atoms with Gasteiger partial charge >= 0.3 is 11.8 Å². The minimum Gasteiger partial charge on any atom is -0.383 e. The maximum Gasteiger partial charge on any atom is 0.309 e. The Hall–Kier alpha value is -2.16. The Morgan fingerprint density at radius 2 is 1.78 bits per heavy atom. The third kappa shape index (κ3) is 6.50. The smallest absolute Gasteiger partial charge is 0.309 e. The van der Waals surface area contributed by atoms with E-state index in [0.717, 1.165) is 24.3 Å². The van der Waals surface area contributed by atoms with E-state index in [1.807, 2.05) is 19.0 Å². The number of nitrogens with one attached hydrogen (secondary N) is 2. The predicted molar refractivity (Wildman–Crippen MR) is 104 cm³/mol. The van der Waals surface area contributed by atoms with Crippen molar-refractivity contribution in [2.24, 2.45) is 0 Å². The summed E-state index contributed by atoms with van der Waals surface area (Å²) >= 11 is 0. The second kappa shape index (κ2) is 10.9. The molecule has 0 radical (unpaired) electrons. The number of nitrogens with zero attached hydrogens (tertiary/aromatic N) is 2. The Morgan fingerprint density at radius 1 is 1.15 bits per heavy atom. The van der Waals surface area contributed by atoms with Crippen LogP contribution in [0, 0.1) is 0 Å². The van der Waals surface area contributed by atoms with E-state index in [1.54, 1.807) is 7.11 Å². The van der Waals surface area contributed by atoms with Crippen LogP contribution < -0.4 is 15.5 Å². The zero-order valence-electron chi connectivity index (χ0n) is 16.4. The maximum atomic E-state index is 12.1. The van der Waals surface area contributed by atoms with Crippen LogP contribution in [0.15, 0.2) is 24.3 Å². The summed E-state index contributed by atoms with van der Waals surface area (Å²) < 4.78 is 10.3. The van der Waals surface area contributed by atoms with Gasteiger partial charge in [-0.05, 0) is 17.7 Å². The summed E-state index contributed by atoms with van der Waals surface area (Å²) in [6, 6.07) is 8.24. The highest BCUT2D eigenvalue weighted by atomic mass is 16.5. The van der Waals surface area contributed by atoms with E-state index < -0.39 is 11.8 Å². The lowest BCUT2D eigenvalue weighted by molar-refractivity contribution is -0.139. The van der Waals surface area contributed by atoms with Crippen LogP contribution >= 0.6 is 0 Å². The molecule has 2 amide bonds. The Bertz CT molecular complexity index is 600. The van der Waals surface area contributed by atoms with Crippen LogP contribution in [0.4, 0.5) is 5.69 Å². The first-order valence-electron chi connectivity index (χ1n) is 9.17. The standard InChI is InChI=1S/C19H30N4O4/c1-22(2)16-6-4-15(5-7-16)17(23-9-12-27-13-10-23)14-21-19(25)18(24)20-8-11-26-3/h4-7,17H,8-14H2,1-3H3,(H,20,24)(H,21,25)/t17-/m1/s1. The van der Waals surface area contributed by atoms with E-state index in [9.17, 15) is 9.59 Å². The molecule has 0 aromatic heterocycles. The lowest BCUT2D eigenvalue weighted by Crippen LogP contribution is -2.47. The molecule has 0 bridgehead atoms. The number of methoxy groups -OCH3 is 1. The number of morpholine rings is 1. The Kier molecular flexibility index (Phi) is 8.50. The second-order valence-corrected chi connectivity index (χ2v) is 6.61. The minimum atomic E-state index is -0.643. The summed E-state index contributed by atoms with van der Waals surface area (Å²) in [5, 5.41) is 5.29. The molecule has 8 nitrogen and oxygen atoms in total. The van der Waals surface area contributed by atoms with Crippen molar-refractivity contribution in [2.75, 3.05) is 72.1 Å². The van der Waals surface area contributed by atoms with Crippen molar-refractivity contribution in [1.82, 2.24) is 15.5 Å². The number of hydrogen-bond donors (Lipinski definition) is 2. The van der Waals surface area contributed by atoms with Gasteiger partial charge in [-0.25, -0.2) is 0 Å². The highest BCUT2D eigenvalue weighted by Crippen LogP contribution is 2.23. The van der Waals surface area contributed by atoms with Crippen LogP contribution in [0.2, 0.25) is 0 Å². The van der Waals surface area contributed by atoms with Gasteiger partial charge in [0.2, 0.25) is 0 Å². The quantitative estimate of drug-likeness (QED) is 0.490. The molecule has 0 saturated carbocycles. The van der Waals surface area contributed by atoms with E-state index in [4.69, 9.17) is 9.47 Å². The molecule has 1 heterocycles. The number of rotatable bonds is 8. The van der Waals surface area contributed by atoms with Gasteiger partial charge in [-0.15, -0.1) is 0 Å². The number of anilines is 1. The summed E-state index contributed by atoms with van der Waals surface area (Å²) in [5.74, 6) is -1.27. The first-order valence-corrected chi connectivity index (χ1v) is 9.17. The molecule has 1 aliphatic heterocycles. The molecule has 0 aliphatic carbocycles. The van der Waals surface area contributed by atoms with Crippen LogP contribution in [0.1, 0.15) is 11.6 Å². The highest BCUT2D eigenvalue weighted by molar-refractivity contribution is 6.35. The first-order chi connectivity index (χ1) is 13.0. The lowest BCUT2D eigenvalue weighted by Gasteiger charge is -2.35. The van der Waals surface area contributed by atoms with Gasteiger partial charge in [0.25, 0.3) is 0 Å². The molecule has 1 aromatic carbocycles. The zero-order chi connectivity index (χ0) is 19.6. The monoisotopic (exact) mass is 378 g/mol. The van der Waals surface area contributed by atoms with Gasteiger partial charge in [0.15, 0.2) is 0 Å². The number of hydrogen-bond acceptors (Lipinski definition) is 6. The van der Waals surface area contributed by atoms with E-state index in [-0.39, 0.29) is 6.04 Å². The number of amides is 2. The van der Waals surface area contributed by atoms with Crippen molar-refractivity contribution in [1.29, 1.82) is 0 Å². The Balaban J connectivity index is 2.02. The highest BCUT2D eigenvalue weighted by Gasteiger charge is 2.24. The van der Waals surface area contributed by atoms with Gasteiger partial charge in [-0.1, -0.05) is 12.1 Å². The van der Waals surface area contributed by atoms with Crippen molar-refractivity contribution in [2.45, 2.75) is 6.04 Å². The van der Waals surface area contributed by atoms with Crippen molar-refractivity contribution in [3.63, 3.8) is 0 Å². The summed E-state index contributed by atoms with van der Waals surface area (Å²) in [7, 11) is 5.54. The molecular formula is C19H30N4O4. The predicted octanol–water partition coefficient (Wildman–Crippen LogP) is 0.00470. The lowest BCUT2D eigenvalue weighted by atomic mass is 10.0. The van der Waals surface area contributed by atoms with Gasteiger partial charge in [0.1, 0.15) is 0 Å². The normalized spacial score (nSPS) is 15.8. The van der Waals surface area contributed by atoms with E-state index >= 15 is 0 Å². The molecule has 0 unspecified atom stereocenters. The fourth-order valence-corrected chi connectivity index (χ4v) is 2.96. The molecule has 0 spiro atoms. The third-order valence-electron chi connectivity index (χ3n) is 4.53. The topological polar surface area (TPSA) is 83.1 Å². The molecule has 1 aromatic rings. The second-order valence-electron chi connectivity index (χ2n) is 6.61. The van der Waals surface area contributed by atoms with Crippen molar-refractivity contribution in [3.8, 4) is 0 Å². The van der Waals surface area contributed by atoms with Crippen LogP contribution in [0.3, 0.4) is 0 Å². The molecule has 27 heavy (non-hydrogen) atoms. The molecule has 1 atom stereocenters. The molecule has 1 fully saturated rings. The van der Waals surface area contributed by atoms with Gasteiger partial charge in [0, 0.05) is 53.1 Å². The summed E-state index contributed by atoms with van der Waals surface area (Å²) in [6.07, 6.45) is 0. The number of carbonyl (C=O) groups excluding carboxylic acids is 2. The maximum absolute atomic E-state index is 12.1. The molecule has 2 rings (SSSR count). The summed E-state index contributed by atoms with van der Waals surface area (Å²) in [5.41, 5.74) is 2.21.